The molecule has 1 N–H and O–H groups in total. The van der Waals surface area contributed by atoms with Crippen LogP contribution in [0.2, 0.25) is 0 Å². The fourth-order valence-electron chi connectivity index (χ4n) is 3.22. The maximum Gasteiger partial charge on any atom is 0.339 e. The molecule has 0 aliphatic carbocycles. The highest BCUT2D eigenvalue weighted by Gasteiger charge is 2.21. The molecule has 4 rings (SSSR count). The number of nitrogens with zero attached hydrogens (tertiary/aromatic N) is 2. The van der Waals surface area contributed by atoms with E-state index in [0.29, 0.717) is 17.1 Å². The van der Waals surface area contributed by atoms with Gasteiger partial charge in [0.2, 0.25) is 5.91 Å². The van der Waals surface area contributed by atoms with Gasteiger partial charge in [0.25, 0.3) is 0 Å². The summed E-state index contributed by atoms with van der Waals surface area (Å²) in [5.74, 6) is 0.859. The average molecular weight is 492 g/mol. The zero-order valence-electron chi connectivity index (χ0n) is 18.6. The number of hydrogen-bond donors (Lipinski definition) is 1. The summed E-state index contributed by atoms with van der Waals surface area (Å²) in [7, 11) is -2.66. The van der Waals surface area contributed by atoms with Gasteiger partial charge in [-0.25, -0.2) is 10.4 Å². The highest BCUT2D eigenvalue weighted by atomic mass is 32.2. The lowest BCUT2D eigenvalue weighted by molar-refractivity contribution is -0.120. The fraction of sp³-hybridized carbons (Fsp3) is 0.0800. The number of para-hydroxylation sites is 1. The average Bonchev–Trinajstić information content (AvgIpc) is 3.39. The SMILES string of the molecule is COc1cccc(CC(=O)N/N=C/c2cc(-c3cnco3)ccc2S(=O)(=O)Oc2ccccc2)c1. The van der Waals surface area contributed by atoms with E-state index in [9.17, 15) is 13.2 Å². The van der Waals surface area contributed by atoms with E-state index in [1.807, 2.05) is 0 Å². The largest absolute Gasteiger partial charge is 0.497 e. The normalized spacial score (nSPS) is 11.3. The molecular formula is C25H21N3O6S. The number of hydrazone groups is 1. The van der Waals surface area contributed by atoms with Gasteiger partial charge in [-0.05, 0) is 48.0 Å². The van der Waals surface area contributed by atoms with Gasteiger partial charge >= 0.3 is 10.1 Å². The Labute approximate surface area is 202 Å². The number of hydrogen-bond acceptors (Lipinski definition) is 8. The van der Waals surface area contributed by atoms with Gasteiger partial charge in [-0.3, -0.25) is 4.79 Å². The zero-order chi connectivity index (χ0) is 24.7. The highest BCUT2D eigenvalue weighted by Crippen LogP contribution is 2.26. The Bertz CT molecular complexity index is 1440. The van der Waals surface area contributed by atoms with Crippen LogP contribution in [0.4, 0.5) is 0 Å². The minimum atomic E-state index is -4.20. The van der Waals surface area contributed by atoms with Crippen molar-refractivity contribution >= 4 is 22.2 Å². The third-order valence-corrected chi connectivity index (χ3v) is 6.16. The van der Waals surface area contributed by atoms with Gasteiger partial charge in [0.1, 0.15) is 16.4 Å². The Morgan fingerprint density at radius 3 is 2.60 bits per heavy atom. The molecule has 3 aromatic carbocycles. The van der Waals surface area contributed by atoms with Crippen LogP contribution in [-0.2, 0) is 21.3 Å². The predicted molar refractivity (Wildman–Crippen MR) is 129 cm³/mol. The summed E-state index contributed by atoms with van der Waals surface area (Å²) >= 11 is 0. The number of methoxy groups -OCH3 is 1. The van der Waals surface area contributed by atoms with Crippen molar-refractivity contribution in [2.75, 3.05) is 7.11 Å². The standard InChI is InChI=1S/C25H21N3O6S/c1-32-22-9-5-6-18(12-22)13-25(29)28-27-15-20-14-19(23-16-26-17-33-23)10-11-24(20)35(30,31)34-21-7-3-2-4-8-21/h2-12,14-17H,13H2,1H3,(H,28,29)/b27-15+. The van der Waals surface area contributed by atoms with E-state index in [-0.39, 0.29) is 28.5 Å². The lowest BCUT2D eigenvalue weighted by atomic mass is 10.1. The first-order chi connectivity index (χ1) is 16.9. The highest BCUT2D eigenvalue weighted by molar-refractivity contribution is 7.87. The molecule has 1 heterocycles. The Hall–Kier alpha value is -4.44. The number of carbonyl (C=O) groups excluding carboxylic acids is 1. The second kappa shape index (κ2) is 10.7. The van der Waals surface area contributed by atoms with Crippen LogP contribution in [0.15, 0.2) is 99.8 Å². The van der Waals surface area contributed by atoms with Crippen molar-refractivity contribution in [1.29, 1.82) is 0 Å². The van der Waals surface area contributed by atoms with Crippen LogP contribution in [0.25, 0.3) is 11.3 Å². The van der Waals surface area contributed by atoms with Crippen molar-refractivity contribution in [3.63, 3.8) is 0 Å². The van der Waals surface area contributed by atoms with Crippen molar-refractivity contribution in [2.24, 2.45) is 5.10 Å². The number of amides is 1. The minimum absolute atomic E-state index is 0.0644. The molecule has 0 atom stereocenters. The van der Waals surface area contributed by atoms with Crippen molar-refractivity contribution in [3.05, 3.63) is 96.5 Å². The Morgan fingerprint density at radius 1 is 1.06 bits per heavy atom. The quantitative estimate of drug-likeness (QED) is 0.215. The molecule has 0 unspecified atom stereocenters. The van der Waals surface area contributed by atoms with Crippen molar-refractivity contribution < 1.29 is 26.5 Å². The van der Waals surface area contributed by atoms with Gasteiger partial charge in [0.15, 0.2) is 12.2 Å². The van der Waals surface area contributed by atoms with Gasteiger partial charge in [0, 0.05) is 11.1 Å². The van der Waals surface area contributed by atoms with Crippen molar-refractivity contribution in [3.8, 4) is 22.8 Å². The number of rotatable bonds is 9. The lowest BCUT2D eigenvalue weighted by Crippen LogP contribution is -2.20. The molecular weight excluding hydrogens is 470 g/mol. The first-order valence-corrected chi connectivity index (χ1v) is 11.8. The Balaban J connectivity index is 1.58. The molecule has 1 amide bonds. The summed E-state index contributed by atoms with van der Waals surface area (Å²) in [5.41, 5.74) is 3.92. The second-order valence-electron chi connectivity index (χ2n) is 7.29. The van der Waals surface area contributed by atoms with Crippen LogP contribution in [0.1, 0.15) is 11.1 Å². The number of ether oxygens (including phenoxy) is 1. The molecule has 4 aromatic rings. The van der Waals surface area contributed by atoms with Crippen molar-refractivity contribution in [1.82, 2.24) is 10.4 Å². The number of aromatic nitrogens is 1. The van der Waals surface area contributed by atoms with Crippen LogP contribution >= 0.6 is 0 Å². The molecule has 178 valence electrons. The van der Waals surface area contributed by atoms with Gasteiger partial charge in [-0.2, -0.15) is 13.5 Å². The third-order valence-electron chi connectivity index (χ3n) is 4.84. The zero-order valence-corrected chi connectivity index (χ0v) is 19.4. The van der Waals surface area contributed by atoms with E-state index in [1.165, 1.54) is 37.0 Å². The first-order valence-electron chi connectivity index (χ1n) is 10.4. The van der Waals surface area contributed by atoms with E-state index < -0.39 is 10.1 Å². The molecule has 0 saturated carbocycles. The molecule has 0 saturated heterocycles. The maximum absolute atomic E-state index is 13.0. The molecule has 0 fully saturated rings. The Morgan fingerprint density at radius 2 is 1.86 bits per heavy atom. The van der Waals surface area contributed by atoms with Crippen LogP contribution in [0.3, 0.4) is 0 Å². The molecule has 0 radical (unpaired) electrons. The van der Waals surface area contributed by atoms with Crippen molar-refractivity contribution in [2.45, 2.75) is 11.3 Å². The summed E-state index contributed by atoms with van der Waals surface area (Å²) in [6, 6.07) is 19.8. The van der Waals surface area contributed by atoms with Crippen LogP contribution in [0, 0.1) is 0 Å². The monoisotopic (exact) mass is 491 g/mol. The van der Waals surface area contributed by atoms with Crippen LogP contribution in [0.5, 0.6) is 11.5 Å². The molecule has 0 bridgehead atoms. The van der Waals surface area contributed by atoms with E-state index in [4.69, 9.17) is 13.3 Å². The van der Waals surface area contributed by atoms with E-state index in [0.717, 1.165) is 5.56 Å². The molecule has 9 nitrogen and oxygen atoms in total. The lowest BCUT2D eigenvalue weighted by Gasteiger charge is -2.10. The van der Waals surface area contributed by atoms with E-state index in [2.05, 4.69) is 15.5 Å². The summed E-state index contributed by atoms with van der Waals surface area (Å²) < 4.78 is 41.7. The summed E-state index contributed by atoms with van der Waals surface area (Å²) in [6.07, 6.45) is 4.07. The minimum Gasteiger partial charge on any atom is -0.497 e. The predicted octanol–water partition coefficient (Wildman–Crippen LogP) is 3.81. The molecule has 35 heavy (non-hydrogen) atoms. The molecule has 0 aliphatic rings. The maximum atomic E-state index is 13.0. The Kier molecular flexibility index (Phi) is 7.22. The topological polar surface area (TPSA) is 120 Å². The number of carbonyl (C=O) groups is 1. The molecule has 1 aromatic heterocycles. The first kappa shape index (κ1) is 23.7. The third kappa shape index (κ3) is 6.12. The number of nitrogens with one attached hydrogen (secondary N) is 1. The van der Waals surface area contributed by atoms with Gasteiger partial charge in [0.05, 0.1) is 25.9 Å². The number of benzene rings is 3. The summed E-state index contributed by atoms with van der Waals surface area (Å²) in [5, 5.41) is 3.96. The smallest absolute Gasteiger partial charge is 0.339 e. The fourth-order valence-corrected chi connectivity index (χ4v) is 4.31. The molecule has 0 spiro atoms. The number of oxazole rings is 1. The van der Waals surface area contributed by atoms with Crippen LogP contribution in [-0.4, -0.2) is 32.6 Å². The summed E-state index contributed by atoms with van der Waals surface area (Å²) in [4.78, 5) is 16.1. The van der Waals surface area contributed by atoms with Gasteiger partial charge in [-0.1, -0.05) is 30.3 Å². The van der Waals surface area contributed by atoms with E-state index in [1.54, 1.807) is 61.7 Å². The van der Waals surface area contributed by atoms with E-state index >= 15 is 0 Å². The van der Waals surface area contributed by atoms with Gasteiger partial charge in [-0.15, -0.1) is 0 Å². The molecule has 0 aliphatic heterocycles. The molecule has 10 heteroatoms. The van der Waals surface area contributed by atoms with Crippen LogP contribution < -0.4 is 14.3 Å². The van der Waals surface area contributed by atoms with Gasteiger partial charge < -0.3 is 13.3 Å². The summed E-state index contributed by atoms with van der Waals surface area (Å²) in [6.45, 7) is 0. The second-order valence-corrected chi connectivity index (χ2v) is 8.81.